The molecule has 0 N–H and O–H groups in total. The van der Waals surface area contributed by atoms with E-state index in [2.05, 4.69) is 15.4 Å². The van der Waals surface area contributed by atoms with E-state index in [1.807, 2.05) is 18.2 Å². The van der Waals surface area contributed by atoms with Crippen LogP contribution in [0, 0.1) is 0 Å². The molecule has 0 fully saturated rings. The Hall–Kier alpha value is -0.490. The lowest BCUT2D eigenvalue weighted by Gasteiger charge is -2.18. The summed E-state index contributed by atoms with van der Waals surface area (Å²) in [6, 6.07) is 7.32. The predicted molar refractivity (Wildman–Crippen MR) is 100 cm³/mol. The third-order valence-corrected chi connectivity index (χ3v) is 3.98. The van der Waals surface area contributed by atoms with E-state index in [1.54, 1.807) is 25.3 Å². The van der Waals surface area contributed by atoms with Crippen molar-refractivity contribution < 1.29 is 4.74 Å². The fourth-order valence-corrected chi connectivity index (χ4v) is 2.72. The van der Waals surface area contributed by atoms with E-state index in [0.29, 0.717) is 5.75 Å². The first-order valence-corrected chi connectivity index (χ1v) is 8.60. The van der Waals surface area contributed by atoms with Gasteiger partial charge in [-0.2, -0.15) is 0 Å². The minimum absolute atomic E-state index is 0.00465. The van der Waals surface area contributed by atoms with Crippen molar-refractivity contribution in [2.24, 2.45) is 0 Å². The molecule has 1 aromatic heterocycles. The Labute approximate surface area is 168 Å². The summed E-state index contributed by atoms with van der Waals surface area (Å²) < 4.78 is 1.53. The third-order valence-electron chi connectivity index (χ3n) is 2.91. The van der Waals surface area contributed by atoms with Gasteiger partial charge in [-0.15, -0.1) is 10.2 Å². The van der Waals surface area contributed by atoms with Crippen LogP contribution in [-0.4, -0.2) is 22.5 Å². The molecule has 0 saturated carbocycles. The summed E-state index contributed by atoms with van der Waals surface area (Å²) in [6.45, 7) is 0. The van der Waals surface area contributed by atoms with Gasteiger partial charge in [-0.1, -0.05) is 100.0 Å². The summed E-state index contributed by atoms with van der Waals surface area (Å²) in [6.07, 6.45) is 3.28. The first-order chi connectivity index (χ1) is 11.1. The fourth-order valence-electron chi connectivity index (χ4n) is 1.89. The van der Waals surface area contributed by atoms with E-state index in [9.17, 15) is 0 Å². The van der Waals surface area contributed by atoms with Crippen molar-refractivity contribution in [1.82, 2.24) is 15.4 Å². The van der Waals surface area contributed by atoms with Crippen LogP contribution in [0.4, 0.5) is 0 Å². The average Bonchev–Trinajstić information content (AvgIpc) is 2.51. The number of halogens is 6. The highest BCUT2D eigenvalue weighted by Crippen LogP contribution is 2.44. The van der Waals surface area contributed by atoms with Gasteiger partial charge in [0.1, 0.15) is 17.1 Å². The highest BCUT2D eigenvalue weighted by Gasteiger charge is 2.36. The van der Waals surface area contributed by atoms with Gasteiger partial charge in [0.15, 0.2) is 0 Å². The highest BCUT2D eigenvalue weighted by molar-refractivity contribution is 6.67. The van der Waals surface area contributed by atoms with Gasteiger partial charge >= 0.3 is 0 Å². The normalized spacial score (nSPS) is 12.6. The third kappa shape index (κ3) is 4.78. The lowest BCUT2D eigenvalue weighted by Crippen LogP contribution is -2.17. The predicted octanol–water partition coefficient (Wildman–Crippen LogP) is 5.70. The second-order valence-corrected chi connectivity index (χ2v) is 9.03. The van der Waals surface area contributed by atoms with Gasteiger partial charge in [-0.05, 0) is 11.3 Å². The van der Waals surface area contributed by atoms with Gasteiger partial charge in [0.25, 0.3) is 0 Å². The topological polar surface area (TPSA) is 47.9 Å². The van der Waals surface area contributed by atoms with Crippen molar-refractivity contribution in [2.45, 2.75) is 7.59 Å². The number of aromatic nitrogens is 3. The Morgan fingerprint density at radius 3 is 1.92 bits per heavy atom. The summed E-state index contributed by atoms with van der Waals surface area (Å²) in [5.74, 6) is 0.648. The number of ether oxygens (including phenoxy) is 1. The molecule has 0 radical (unpaired) electrons. The Morgan fingerprint density at radius 1 is 0.875 bits per heavy atom. The molecule has 0 bridgehead atoms. The Bertz CT molecular complexity index is 723. The number of hydrogen-bond acceptors (Lipinski definition) is 4. The first-order valence-electron chi connectivity index (χ1n) is 6.33. The number of benzene rings is 1. The molecule has 0 spiro atoms. The molecule has 0 aliphatic carbocycles. The van der Waals surface area contributed by atoms with E-state index in [4.69, 9.17) is 74.3 Å². The molecule has 2 rings (SSSR count). The number of para-hydroxylation sites is 1. The Kier molecular flexibility index (Phi) is 6.46. The Balaban J connectivity index is 2.61. The van der Waals surface area contributed by atoms with Crippen molar-refractivity contribution in [2.75, 3.05) is 7.11 Å². The maximum absolute atomic E-state index is 5.94. The zero-order valence-electron chi connectivity index (χ0n) is 12.0. The minimum atomic E-state index is -1.87. The van der Waals surface area contributed by atoms with Crippen LogP contribution in [0.5, 0.6) is 5.75 Å². The number of hydrogen-bond donors (Lipinski definition) is 0. The van der Waals surface area contributed by atoms with Gasteiger partial charge in [0.05, 0.1) is 7.11 Å². The van der Waals surface area contributed by atoms with Crippen molar-refractivity contribution in [3.63, 3.8) is 0 Å². The maximum Gasteiger partial charge on any atom is 0.235 e. The van der Waals surface area contributed by atoms with E-state index >= 15 is 0 Å². The van der Waals surface area contributed by atoms with Crippen LogP contribution in [0.2, 0.25) is 0 Å². The van der Waals surface area contributed by atoms with Crippen molar-refractivity contribution >= 4 is 81.8 Å². The van der Waals surface area contributed by atoms with Crippen LogP contribution < -0.4 is 4.74 Å². The van der Waals surface area contributed by atoms with E-state index in [0.717, 1.165) is 5.56 Å². The second-order valence-electron chi connectivity index (χ2n) is 4.47. The fraction of sp³-hybridized carbons (Fsp3) is 0.214. The van der Waals surface area contributed by atoms with E-state index < -0.39 is 7.59 Å². The van der Waals surface area contributed by atoms with Gasteiger partial charge in [0.2, 0.25) is 7.59 Å². The summed E-state index contributed by atoms with van der Waals surface area (Å²) in [4.78, 5) is 0. The summed E-state index contributed by atoms with van der Waals surface area (Å²) >= 11 is 35.6. The second kappa shape index (κ2) is 7.81. The maximum atomic E-state index is 5.94. The molecule has 0 aliphatic heterocycles. The summed E-state index contributed by atoms with van der Waals surface area (Å²) in [5.41, 5.74) is 1.00. The lowest BCUT2D eigenvalue weighted by atomic mass is 10.1. The van der Waals surface area contributed by atoms with Crippen LogP contribution in [0.1, 0.15) is 22.5 Å². The molecular weight excluding hydrogens is 439 g/mol. The molecule has 10 heteroatoms. The quantitative estimate of drug-likeness (QED) is 0.566. The number of rotatable bonds is 3. The average molecular weight is 448 g/mol. The zero-order valence-corrected chi connectivity index (χ0v) is 16.5. The van der Waals surface area contributed by atoms with Gasteiger partial charge in [-0.3, -0.25) is 0 Å². The molecule has 0 atom stereocenters. The van der Waals surface area contributed by atoms with E-state index in [1.165, 1.54) is 0 Å². The van der Waals surface area contributed by atoms with Crippen LogP contribution in [0.3, 0.4) is 0 Å². The molecule has 0 aliphatic rings. The Morgan fingerprint density at radius 2 is 1.42 bits per heavy atom. The highest BCUT2D eigenvalue weighted by atomic mass is 35.6. The molecule has 1 heterocycles. The molecule has 2 aromatic rings. The molecule has 0 amide bonds. The van der Waals surface area contributed by atoms with Crippen LogP contribution in [0.25, 0.3) is 12.2 Å². The summed E-state index contributed by atoms with van der Waals surface area (Å²) in [7, 11) is 1.56. The van der Waals surface area contributed by atoms with Crippen molar-refractivity contribution in [1.29, 1.82) is 0 Å². The molecular formula is C14H9Cl6N3O. The van der Waals surface area contributed by atoms with Crippen molar-refractivity contribution in [3.8, 4) is 5.75 Å². The van der Waals surface area contributed by atoms with Gasteiger partial charge in [0, 0.05) is 11.1 Å². The SMILES string of the molecule is COc1ccccc1C=Cc1c(C(Cl)(Cl)Cl)nnnc1C(Cl)(Cl)Cl. The van der Waals surface area contributed by atoms with Gasteiger partial charge in [-0.25, -0.2) is 0 Å². The largest absolute Gasteiger partial charge is 0.496 e. The lowest BCUT2D eigenvalue weighted by molar-refractivity contribution is 0.414. The molecule has 1 aromatic carbocycles. The van der Waals surface area contributed by atoms with Crippen molar-refractivity contribution in [3.05, 3.63) is 46.8 Å². The standard InChI is InChI=1S/C14H9Cl6N3O/c1-24-10-5-3-2-4-8(10)6-7-9-11(13(15,16)17)21-23-22-12(9)14(18,19)20/h2-7H,1H3. The summed E-state index contributed by atoms with van der Waals surface area (Å²) in [5, 5.41) is 11.0. The monoisotopic (exact) mass is 445 g/mol. The van der Waals surface area contributed by atoms with E-state index in [-0.39, 0.29) is 17.0 Å². The number of alkyl halides is 6. The van der Waals surface area contributed by atoms with Gasteiger partial charge < -0.3 is 4.74 Å². The molecule has 24 heavy (non-hydrogen) atoms. The molecule has 0 saturated heterocycles. The van der Waals surface area contributed by atoms with Crippen LogP contribution >= 0.6 is 69.6 Å². The zero-order chi connectivity index (χ0) is 18.0. The van der Waals surface area contributed by atoms with Crippen LogP contribution in [0.15, 0.2) is 24.3 Å². The molecule has 0 unspecified atom stereocenters. The number of nitrogens with zero attached hydrogens (tertiary/aromatic N) is 3. The molecule has 4 nitrogen and oxygen atoms in total. The van der Waals surface area contributed by atoms with Crippen LogP contribution in [-0.2, 0) is 7.59 Å². The first kappa shape index (κ1) is 19.8. The minimum Gasteiger partial charge on any atom is -0.496 e. The smallest absolute Gasteiger partial charge is 0.235 e. The number of methoxy groups -OCH3 is 1. The molecule has 128 valence electrons.